The molecule has 0 spiro atoms. The fourth-order valence-corrected chi connectivity index (χ4v) is 2.75. The highest BCUT2D eigenvalue weighted by atomic mass is 16.6. The van der Waals surface area contributed by atoms with Crippen LogP contribution >= 0.6 is 0 Å². The van der Waals surface area contributed by atoms with Gasteiger partial charge in [-0.15, -0.1) is 0 Å². The van der Waals surface area contributed by atoms with Gasteiger partial charge in [0.2, 0.25) is 0 Å². The molecule has 0 N–H and O–H groups in total. The van der Waals surface area contributed by atoms with Gasteiger partial charge in [-0.25, -0.2) is 14.4 Å². The molecule has 0 unspecified atom stereocenters. The molecular weight excluding hydrogens is 382 g/mol. The maximum atomic E-state index is 12.4. The number of nitro groups is 1. The van der Waals surface area contributed by atoms with Gasteiger partial charge < -0.3 is 13.9 Å². The quantitative estimate of drug-likeness (QED) is 0.278. The van der Waals surface area contributed by atoms with Gasteiger partial charge in [0.15, 0.2) is 0 Å². The molecule has 0 radical (unpaired) electrons. The first-order valence-corrected chi connectivity index (χ1v) is 8.37. The zero-order valence-electron chi connectivity index (χ0n) is 15.5. The van der Waals surface area contributed by atoms with Crippen molar-refractivity contribution in [2.24, 2.45) is 0 Å². The highest BCUT2D eigenvalue weighted by Gasteiger charge is 2.19. The maximum Gasteiger partial charge on any atom is 0.338 e. The summed E-state index contributed by atoms with van der Waals surface area (Å²) in [6.07, 6.45) is 0. The monoisotopic (exact) mass is 397 g/mol. The lowest BCUT2D eigenvalue weighted by atomic mass is 10.1. The number of fused-ring (bicyclic) bond motifs is 1. The minimum atomic E-state index is -0.896. The first-order chi connectivity index (χ1) is 13.8. The van der Waals surface area contributed by atoms with Crippen molar-refractivity contribution >= 4 is 28.6 Å². The summed E-state index contributed by atoms with van der Waals surface area (Å²) in [6, 6.07) is 9.58. The number of non-ortho nitro benzene ring substituents is 1. The van der Waals surface area contributed by atoms with Gasteiger partial charge in [-0.2, -0.15) is 0 Å². The minimum absolute atomic E-state index is 0.157. The van der Waals surface area contributed by atoms with Crippen LogP contribution in [0.4, 0.5) is 5.69 Å². The Morgan fingerprint density at radius 1 is 1.07 bits per heavy atom. The zero-order chi connectivity index (χ0) is 21.1. The molecular formula is C20H15NO8. The van der Waals surface area contributed by atoms with E-state index in [-0.39, 0.29) is 17.7 Å². The Bertz CT molecular complexity index is 1190. The van der Waals surface area contributed by atoms with Crippen molar-refractivity contribution < 1.29 is 28.4 Å². The summed E-state index contributed by atoms with van der Waals surface area (Å²) in [6.45, 7) is 1.58. The summed E-state index contributed by atoms with van der Waals surface area (Å²) in [5, 5.41) is 11.7. The van der Waals surface area contributed by atoms with Crippen molar-refractivity contribution in [1.82, 2.24) is 0 Å². The van der Waals surface area contributed by atoms with Crippen LogP contribution in [0.3, 0.4) is 0 Å². The third-order valence-electron chi connectivity index (χ3n) is 4.13. The largest absolute Gasteiger partial charge is 0.465 e. The Hall–Kier alpha value is -4.01. The number of ether oxygens (including phenoxy) is 2. The van der Waals surface area contributed by atoms with Crippen LogP contribution in [-0.2, 0) is 16.1 Å². The lowest BCUT2D eigenvalue weighted by Crippen LogP contribution is -2.10. The number of esters is 2. The summed E-state index contributed by atoms with van der Waals surface area (Å²) in [5.74, 6) is -1.72. The molecule has 3 aromatic rings. The predicted octanol–water partition coefficient (Wildman–Crippen LogP) is 3.15. The van der Waals surface area contributed by atoms with Crippen LogP contribution in [0.1, 0.15) is 31.8 Å². The molecule has 1 heterocycles. The van der Waals surface area contributed by atoms with E-state index in [1.807, 2.05) is 13.0 Å². The molecule has 0 bridgehead atoms. The second-order valence-corrected chi connectivity index (χ2v) is 6.18. The van der Waals surface area contributed by atoms with Crippen LogP contribution < -0.4 is 5.63 Å². The minimum Gasteiger partial charge on any atom is -0.465 e. The standard InChI is InChI=1S/C20H15NO8/c1-11-3-4-16-14(9-18(22)29-17(16)5-11)10-28-20(24)13-6-12(19(23)27-2)7-15(8-13)21(25)26/h3-9H,10H2,1-2H3. The molecule has 9 nitrogen and oxygen atoms in total. The van der Waals surface area contributed by atoms with E-state index < -0.39 is 28.2 Å². The van der Waals surface area contributed by atoms with Crippen LogP contribution in [0.15, 0.2) is 51.7 Å². The van der Waals surface area contributed by atoms with Crippen LogP contribution in [-0.4, -0.2) is 24.0 Å². The van der Waals surface area contributed by atoms with E-state index in [4.69, 9.17) is 9.15 Å². The van der Waals surface area contributed by atoms with E-state index in [9.17, 15) is 24.5 Å². The summed E-state index contributed by atoms with van der Waals surface area (Å²) in [5.41, 5.74) is 0.257. The number of nitro benzene ring substituents is 1. The van der Waals surface area contributed by atoms with Crippen LogP contribution in [0.25, 0.3) is 11.0 Å². The molecule has 0 amide bonds. The third kappa shape index (κ3) is 4.29. The Balaban J connectivity index is 1.91. The van der Waals surface area contributed by atoms with E-state index in [1.165, 1.54) is 6.07 Å². The second-order valence-electron chi connectivity index (χ2n) is 6.18. The summed E-state index contributed by atoms with van der Waals surface area (Å²) >= 11 is 0. The van der Waals surface area contributed by atoms with Gasteiger partial charge in [-0.3, -0.25) is 10.1 Å². The number of aryl methyl sites for hydroxylation is 1. The number of hydrogen-bond acceptors (Lipinski definition) is 8. The van der Waals surface area contributed by atoms with Gasteiger partial charge in [0.05, 0.1) is 23.2 Å². The Labute approximate surface area is 163 Å². The first kappa shape index (κ1) is 19.7. The molecule has 3 rings (SSSR count). The zero-order valence-corrected chi connectivity index (χ0v) is 15.5. The fourth-order valence-electron chi connectivity index (χ4n) is 2.75. The highest BCUT2D eigenvalue weighted by Crippen LogP contribution is 2.22. The highest BCUT2D eigenvalue weighted by molar-refractivity contribution is 5.96. The average molecular weight is 397 g/mol. The van der Waals surface area contributed by atoms with Gasteiger partial charge >= 0.3 is 17.6 Å². The molecule has 0 aliphatic carbocycles. The maximum absolute atomic E-state index is 12.4. The first-order valence-electron chi connectivity index (χ1n) is 8.37. The smallest absolute Gasteiger partial charge is 0.338 e. The normalized spacial score (nSPS) is 10.6. The van der Waals surface area contributed by atoms with Gasteiger partial charge in [0, 0.05) is 29.1 Å². The number of carbonyl (C=O) groups is 2. The summed E-state index contributed by atoms with van der Waals surface area (Å²) < 4.78 is 14.9. The van der Waals surface area contributed by atoms with E-state index in [0.29, 0.717) is 16.5 Å². The van der Waals surface area contributed by atoms with Gasteiger partial charge in [0.25, 0.3) is 5.69 Å². The number of rotatable bonds is 5. The van der Waals surface area contributed by atoms with Crippen LogP contribution in [0, 0.1) is 17.0 Å². The van der Waals surface area contributed by atoms with Crippen LogP contribution in [0.5, 0.6) is 0 Å². The second kappa shape index (κ2) is 7.93. The molecule has 1 aromatic heterocycles. The lowest BCUT2D eigenvalue weighted by Gasteiger charge is -2.08. The number of methoxy groups -OCH3 is 1. The molecule has 0 aliphatic rings. The topological polar surface area (TPSA) is 126 Å². The Morgan fingerprint density at radius 2 is 1.76 bits per heavy atom. The Kier molecular flexibility index (Phi) is 5.40. The molecule has 29 heavy (non-hydrogen) atoms. The summed E-state index contributed by atoms with van der Waals surface area (Å²) in [4.78, 5) is 46.3. The molecule has 148 valence electrons. The molecule has 0 saturated heterocycles. The molecule has 0 fully saturated rings. The third-order valence-corrected chi connectivity index (χ3v) is 4.13. The molecule has 2 aromatic carbocycles. The van der Waals surface area contributed by atoms with Gasteiger partial charge in [-0.1, -0.05) is 12.1 Å². The Morgan fingerprint density at radius 3 is 2.41 bits per heavy atom. The van der Waals surface area contributed by atoms with E-state index in [2.05, 4.69) is 4.74 Å². The molecule has 0 atom stereocenters. The summed E-state index contributed by atoms with van der Waals surface area (Å²) in [7, 11) is 1.12. The average Bonchev–Trinajstić information content (AvgIpc) is 2.70. The van der Waals surface area contributed by atoms with Crippen molar-refractivity contribution in [1.29, 1.82) is 0 Å². The molecule has 0 aliphatic heterocycles. The van der Waals surface area contributed by atoms with Crippen molar-refractivity contribution in [3.8, 4) is 0 Å². The van der Waals surface area contributed by atoms with Crippen LogP contribution in [0.2, 0.25) is 0 Å². The molecule has 9 heteroatoms. The lowest BCUT2D eigenvalue weighted by molar-refractivity contribution is -0.384. The number of nitrogens with zero attached hydrogens (tertiary/aromatic N) is 1. The molecule has 0 saturated carbocycles. The van der Waals surface area contributed by atoms with E-state index >= 15 is 0 Å². The number of carbonyl (C=O) groups excluding carboxylic acids is 2. The van der Waals surface area contributed by atoms with Crippen molar-refractivity contribution in [2.45, 2.75) is 13.5 Å². The number of hydrogen-bond donors (Lipinski definition) is 0. The van der Waals surface area contributed by atoms with Crippen molar-refractivity contribution in [3.05, 3.63) is 85.3 Å². The van der Waals surface area contributed by atoms with Crippen molar-refractivity contribution in [3.63, 3.8) is 0 Å². The van der Waals surface area contributed by atoms with Gasteiger partial charge in [-0.05, 0) is 24.6 Å². The van der Waals surface area contributed by atoms with E-state index in [1.54, 1.807) is 12.1 Å². The predicted molar refractivity (Wildman–Crippen MR) is 101 cm³/mol. The van der Waals surface area contributed by atoms with Gasteiger partial charge in [0.1, 0.15) is 12.2 Å². The van der Waals surface area contributed by atoms with E-state index in [0.717, 1.165) is 30.9 Å². The fraction of sp³-hybridized carbons (Fsp3) is 0.150. The van der Waals surface area contributed by atoms with Crippen molar-refractivity contribution in [2.75, 3.05) is 7.11 Å². The number of benzene rings is 2. The SMILES string of the molecule is COC(=O)c1cc(C(=O)OCc2cc(=O)oc3cc(C)ccc23)cc([N+](=O)[O-])c1.